The Morgan fingerprint density at radius 2 is 1.74 bits per heavy atom. The Kier molecular flexibility index (Phi) is 5.30. The van der Waals surface area contributed by atoms with E-state index in [0.717, 1.165) is 12.1 Å². The number of aliphatic carboxylic acids is 1. The molecule has 23 heavy (non-hydrogen) atoms. The van der Waals surface area contributed by atoms with Gasteiger partial charge in [-0.3, -0.25) is 4.79 Å². The smallest absolute Gasteiger partial charge is 0.251 e. The minimum Gasteiger partial charge on any atom is -0.550 e. The number of carbonyl (C=O) groups is 2. The number of nitrogens with one attached hydrogen (secondary N) is 1. The molecular weight excluding hydrogens is 301 g/mol. The van der Waals surface area contributed by atoms with E-state index in [-0.39, 0.29) is 12.0 Å². The van der Waals surface area contributed by atoms with Gasteiger partial charge in [0.15, 0.2) is 0 Å². The van der Waals surface area contributed by atoms with Crippen molar-refractivity contribution in [2.24, 2.45) is 0 Å². The number of benzene rings is 2. The summed E-state index contributed by atoms with van der Waals surface area (Å²) < 4.78 is 17.9. The summed E-state index contributed by atoms with van der Waals surface area (Å²) in [4.78, 5) is 23.1. The van der Waals surface area contributed by atoms with Crippen LogP contribution in [0.2, 0.25) is 0 Å². The van der Waals surface area contributed by atoms with Crippen molar-refractivity contribution in [1.82, 2.24) is 5.32 Å². The van der Waals surface area contributed by atoms with Gasteiger partial charge < -0.3 is 20.0 Å². The molecule has 5 nitrogen and oxygen atoms in total. The lowest BCUT2D eigenvalue weighted by atomic mass is 10.0. The number of ether oxygens (including phenoxy) is 1. The van der Waals surface area contributed by atoms with Crippen LogP contribution in [0.1, 0.15) is 28.4 Å². The van der Waals surface area contributed by atoms with Gasteiger partial charge in [-0.2, -0.15) is 0 Å². The van der Waals surface area contributed by atoms with Gasteiger partial charge in [-0.1, -0.05) is 12.1 Å². The van der Waals surface area contributed by atoms with Crippen LogP contribution in [-0.4, -0.2) is 19.0 Å². The first-order chi connectivity index (χ1) is 11.0. The van der Waals surface area contributed by atoms with Gasteiger partial charge in [0.1, 0.15) is 11.6 Å². The summed E-state index contributed by atoms with van der Waals surface area (Å²) in [5.74, 6) is -1.62. The summed E-state index contributed by atoms with van der Waals surface area (Å²) in [7, 11) is 1.52. The number of hydrogen-bond acceptors (Lipinski definition) is 4. The molecule has 2 aromatic carbocycles. The zero-order valence-electron chi connectivity index (χ0n) is 12.4. The first-order valence-corrected chi connectivity index (χ1v) is 6.90. The number of rotatable bonds is 6. The number of halogens is 1. The van der Waals surface area contributed by atoms with Crippen LogP contribution in [0.25, 0.3) is 0 Å². The van der Waals surface area contributed by atoms with Crippen LogP contribution in [0.5, 0.6) is 5.75 Å². The second-order valence-electron chi connectivity index (χ2n) is 4.88. The summed E-state index contributed by atoms with van der Waals surface area (Å²) >= 11 is 0. The van der Waals surface area contributed by atoms with Crippen molar-refractivity contribution in [3.05, 3.63) is 65.5 Å². The third kappa shape index (κ3) is 4.54. The van der Waals surface area contributed by atoms with E-state index in [2.05, 4.69) is 5.32 Å². The van der Waals surface area contributed by atoms with Crippen LogP contribution in [0, 0.1) is 5.82 Å². The number of methoxy groups -OCH3 is 1. The Labute approximate surface area is 132 Å². The van der Waals surface area contributed by atoms with Gasteiger partial charge in [0, 0.05) is 18.0 Å². The molecule has 6 heteroatoms. The summed E-state index contributed by atoms with van der Waals surface area (Å²) in [6, 6.07) is 10.9. The molecule has 1 N–H and O–H groups in total. The van der Waals surface area contributed by atoms with Crippen LogP contribution in [0.4, 0.5) is 4.39 Å². The van der Waals surface area contributed by atoms with Crippen LogP contribution in [0.3, 0.4) is 0 Å². The molecule has 0 heterocycles. The van der Waals surface area contributed by atoms with E-state index < -0.39 is 23.7 Å². The first-order valence-electron chi connectivity index (χ1n) is 6.90. The molecule has 0 saturated heterocycles. The molecule has 0 saturated carbocycles. The van der Waals surface area contributed by atoms with Crippen molar-refractivity contribution in [2.45, 2.75) is 12.5 Å². The Hall–Kier alpha value is -2.89. The highest BCUT2D eigenvalue weighted by Gasteiger charge is 2.16. The number of carbonyl (C=O) groups excluding carboxylic acids is 2. The Bertz CT molecular complexity index is 683. The molecule has 2 aromatic rings. The van der Waals surface area contributed by atoms with Crippen LogP contribution in [-0.2, 0) is 4.79 Å². The maximum atomic E-state index is 12.9. The van der Waals surface area contributed by atoms with Gasteiger partial charge in [-0.15, -0.1) is 0 Å². The molecule has 0 aliphatic carbocycles. The number of carboxylic acids is 1. The second kappa shape index (κ2) is 7.40. The monoisotopic (exact) mass is 316 g/mol. The molecule has 0 aliphatic heterocycles. The van der Waals surface area contributed by atoms with Crippen molar-refractivity contribution in [3.63, 3.8) is 0 Å². The highest BCUT2D eigenvalue weighted by Crippen LogP contribution is 2.20. The normalized spacial score (nSPS) is 11.6. The van der Waals surface area contributed by atoms with E-state index in [1.165, 1.54) is 19.2 Å². The Balaban J connectivity index is 2.18. The van der Waals surface area contributed by atoms with Crippen molar-refractivity contribution in [2.75, 3.05) is 7.11 Å². The van der Waals surface area contributed by atoms with Crippen molar-refractivity contribution in [1.29, 1.82) is 0 Å². The molecular formula is C17H15FNO4-. The molecule has 0 fully saturated rings. The third-order valence-corrected chi connectivity index (χ3v) is 3.30. The quantitative estimate of drug-likeness (QED) is 0.875. The molecule has 0 aromatic heterocycles. The lowest BCUT2D eigenvalue weighted by molar-refractivity contribution is -0.306. The van der Waals surface area contributed by atoms with Crippen LogP contribution >= 0.6 is 0 Å². The van der Waals surface area contributed by atoms with Crippen molar-refractivity contribution >= 4 is 11.9 Å². The SMILES string of the molecule is COc1ccc([C@@H](CC(=O)[O-])NC(=O)c2ccc(F)cc2)cc1. The fraction of sp³-hybridized carbons (Fsp3) is 0.176. The van der Waals surface area contributed by atoms with Gasteiger partial charge >= 0.3 is 0 Å². The highest BCUT2D eigenvalue weighted by atomic mass is 19.1. The minimum absolute atomic E-state index is 0.239. The van der Waals surface area contributed by atoms with Gasteiger partial charge in [0.2, 0.25) is 0 Å². The van der Waals surface area contributed by atoms with Crippen LogP contribution in [0.15, 0.2) is 48.5 Å². The predicted molar refractivity (Wildman–Crippen MR) is 79.2 cm³/mol. The molecule has 0 bridgehead atoms. The van der Waals surface area contributed by atoms with E-state index in [0.29, 0.717) is 11.3 Å². The number of amides is 1. The molecule has 2 rings (SSSR count). The maximum absolute atomic E-state index is 12.9. The standard InChI is InChI=1S/C17H16FNO4/c1-23-14-8-4-11(5-9-14)15(10-16(20)21)19-17(22)12-2-6-13(18)7-3-12/h2-9,15H,10H2,1H3,(H,19,22)(H,20,21)/p-1/t15-/m1/s1. The maximum Gasteiger partial charge on any atom is 0.251 e. The van der Waals surface area contributed by atoms with Gasteiger partial charge in [-0.25, -0.2) is 4.39 Å². The first kappa shape index (κ1) is 16.5. The Morgan fingerprint density at radius 3 is 2.26 bits per heavy atom. The van der Waals surface area contributed by atoms with E-state index >= 15 is 0 Å². The van der Waals surface area contributed by atoms with E-state index in [1.807, 2.05) is 0 Å². The fourth-order valence-electron chi connectivity index (χ4n) is 2.10. The van der Waals surface area contributed by atoms with E-state index in [1.54, 1.807) is 24.3 Å². The van der Waals surface area contributed by atoms with Gasteiger partial charge in [0.25, 0.3) is 5.91 Å². The van der Waals surface area contributed by atoms with E-state index in [9.17, 15) is 19.1 Å². The molecule has 0 unspecified atom stereocenters. The minimum atomic E-state index is -1.29. The average Bonchev–Trinajstić information content (AvgIpc) is 2.54. The summed E-state index contributed by atoms with van der Waals surface area (Å²) in [5.41, 5.74) is 0.841. The van der Waals surface area contributed by atoms with Gasteiger partial charge in [0.05, 0.1) is 13.2 Å². The van der Waals surface area contributed by atoms with Gasteiger partial charge in [-0.05, 0) is 42.0 Å². The largest absolute Gasteiger partial charge is 0.550 e. The molecule has 0 spiro atoms. The second-order valence-corrected chi connectivity index (χ2v) is 4.88. The molecule has 0 aliphatic rings. The molecule has 0 radical (unpaired) electrons. The fourth-order valence-corrected chi connectivity index (χ4v) is 2.10. The molecule has 1 amide bonds. The zero-order valence-corrected chi connectivity index (χ0v) is 12.4. The topological polar surface area (TPSA) is 78.5 Å². The number of hydrogen-bond donors (Lipinski definition) is 1. The number of carboxylic acid groups (broad SMARTS) is 1. The summed E-state index contributed by atoms with van der Waals surface area (Å²) in [6.45, 7) is 0. The molecule has 1 atom stereocenters. The van der Waals surface area contributed by atoms with Crippen LogP contribution < -0.4 is 15.2 Å². The third-order valence-electron chi connectivity index (χ3n) is 3.30. The predicted octanol–water partition coefficient (Wildman–Crippen LogP) is 1.45. The van der Waals surface area contributed by atoms with Crippen molar-refractivity contribution < 1.29 is 23.8 Å². The zero-order chi connectivity index (χ0) is 16.8. The lowest BCUT2D eigenvalue weighted by Crippen LogP contribution is -2.34. The van der Waals surface area contributed by atoms with Crippen molar-refractivity contribution in [3.8, 4) is 5.75 Å². The average molecular weight is 316 g/mol. The van der Waals surface area contributed by atoms with E-state index in [4.69, 9.17) is 4.74 Å². The highest BCUT2D eigenvalue weighted by molar-refractivity contribution is 5.94. The Morgan fingerprint density at radius 1 is 1.13 bits per heavy atom. The summed E-state index contributed by atoms with van der Waals surface area (Å²) in [5, 5.41) is 13.5. The molecule has 120 valence electrons. The lowest BCUT2D eigenvalue weighted by Gasteiger charge is -2.20. The summed E-state index contributed by atoms with van der Waals surface area (Å²) in [6.07, 6.45) is -0.376.